The van der Waals surface area contributed by atoms with Crippen molar-refractivity contribution in [1.29, 1.82) is 0 Å². The van der Waals surface area contributed by atoms with Crippen LogP contribution < -0.4 is 4.74 Å². The normalized spacial score (nSPS) is 20.2. The predicted octanol–water partition coefficient (Wildman–Crippen LogP) is 5.04. The van der Waals surface area contributed by atoms with E-state index in [0.29, 0.717) is 13.2 Å². The summed E-state index contributed by atoms with van der Waals surface area (Å²) in [6.07, 6.45) is 1.34. The van der Waals surface area contributed by atoms with E-state index in [4.69, 9.17) is 14.2 Å². The minimum Gasteiger partial charge on any atom is -0.494 e. The monoisotopic (exact) mass is 366 g/mol. The van der Waals surface area contributed by atoms with Crippen molar-refractivity contribution in [3.63, 3.8) is 0 Å². The Morgan fingerprint density at radius 3 is 2.42 bits per heavy atom. The molecular weight excluding hydrogens is 345 g/mol. The second-order valence-corrected chi connectivity index (χ2v) is 6.18. The van der Waals surface area contributed by atoms with Gasteiger partial charge in [0.2, 0.25) is 5.82 Å². The number of benzene rings is 2. The maximum atomic E-state index is 14.6. The van der Waals surface area contributed by atoms with E-state index in [1.54, 1.807) is 6.07 Å². The molecule has 2 aromatic carbocycles. The average molecular weight is 366 g/mol. The molecule has 0 bridgehead atoms. The fraction of sp³-hybridized carbons (Fsp3) is 0.400. The number of hydrogen-bond acceptors (Lipinski definition) is 3. The summed E-state index contributed by atoms with van der Waals surface area (Å²) in [6.45, 7) is 2.93. The number of ether oxygens (including phenoxy) is 3. The lowest BCUT2D eigenvalue weighted by Crippen LogP contribution is -2.27. The van der Waals surface area contributed by atoms with Gasteiger partial charge in [-0.25, -0.2) is 8.78 Å². The third kappa shape index (κ3) is 3.71. The molecule has 3 rings (SSSR count). The van der Waals surface area contributed by atoms with Crippen LogP contribution in [0.4, 0.5) is 13.2 Å². The Labute approximate surface area is 150 Å². The largest absolute Gasteiger partial charge is 0.494 e. The molecule has 6 heteroatoms. The molecule has 1 heterocycles. The van der Waals surface area contributed by atoms with E-state index in [2.05, 4.69) is 0 Å². The Morgan fingerprint density at radius 2 is 1.81 bits per heavy atom. The van der Waals surface area contributed by atoms with Crippen LogP contribution in [-0.4, -0.2) is 26.6 Å². The zero-order valence-corrected chi connectivity index (χ0v) is 14.7. The fourth-order valence-corrected chi connectivity index (χ4v) is 3.21. The zero-order chi connectivity index (χ0) is 18.7. The highest BCUT2D eigenvalue weighted by molar-refractivity contribution is 5.66. The molecule has 0 aliphatic carbocycles. The van der Waals surface area contributed by atoms with Crippen LogP contribution in [0.3, 0.4) is 0 Å². The van der Waals surface area contributed by atoms with Crippen molar-refractivity contribution in [2.24, 2.45) is 0 Å². The number of hydrogen-bond donors (Lipinski definition) is 0. The third-order valence-corrected chi connectivity index (χ3v) is 4.61. The number of methoxy groups -OCH3 is 1. The van der Waals surface area contributed by atoms with Gasteiger partial charge in [-0.1, -0.05) is 12.1 Å². The second-order valence-electron chi connectivity index (χ2n) is 6.18. The smallest absolute Gasteiger partial charge is 0.201 e. The van der Waals surface area contributed by atoms with Crippen molar-refractivity contribution >= 4 is 0 Å². The van der Waals surface area contributed by atoms with E-state index in [0.717, 1.165) is 18.4 Å². The van der Waals surface area contributed by atoms with Crippen LogP contribution in [0.5, 0.6) is 5.75 Å². The molecule has 1 saturated heterocycles. The van der Waals surface area contributed by atoms with Gasteiger partial charge in [-0.3, -0.25) is 0 Å². The quantitative estimate of drug-likeness (QED) is 0.742. The van der Waals surface area contributed by atoms with Gasteiger partial charge in [-0.2, -0.15) is 4.39 Å². The molecule has 140 valence electrons. The number of rotatable bonds is 5. The summed E-state index contributed by atoms with van der Waals surface area (Å²) in [5, 5.41) is 0. The maximum absolute atomic E-state index is 14.6. The molecule has 2 atom stereocenters. The van der Waals surface area contributed by atoms with Crippen molar-refractivity contribution in [2.45, 2.75) is 32.0 Å². The van der Waals surface area contributed by atoms with Crippen LogP contribution in [0, 0.1) is 17.5 Å². The lowest BCUT2D eigenvalue weighted by molar-refractivity contribution is -0.164. The first-order valence-corrected chi connectivity index (χ1v) is 8.60. The minimum absolute atomic E-state index is 0.0109. The highest BCUT2D eigenvalue weighted by atomic mass is 19.2. The molecular formula is C20H21F3O3. The molecule has 2 unspecified atom stereocenters. The van der Waals surface area contributed by atoms with Crippen molar-refractivity contribution in [2.75, 3.05) is 20.3 Å². The van der Waals surface area contributed by atoms with Crippen LogP contribution in [0.15, 0.2) is 30.3 Å². The van der Waals surface area contributed by atoms with E-state index < -0.39 is 17.5 Å². The van der Waals surface area contributed by atoms with Gasteiger partial charge in [0.25, 0.3) is 0 Å². The molecule has 0 aromatic heterocycles. The molecule has 26 heavy (non-hydrogen) atoms. The summed E-state index contributed by atoms with van der Waals surface area (Å²) in [5.74, 6) is -3.02. The molecule has 1 aliphatic rings. The van der Waals surface area contributed by atoms with Gasteiger partial charge in [0.1, 0.15) is 5.82 Å². The van der Waals surface area contributed by atoms with Crippen LogP contribution in [-0.2, 0) is 9.47 Å². The third-order valence-electron chi connectivity index (χ3n) is 4.61. The molecule has 1 aliphatic heterocycles. The van der Waals surface area contributed by atoms with E-state index in [1.165, 1.54) is 31.4 Å². The SMILES string of the molecule is CCOC1CCC(c2ccc(-c3ccc(OC)c(F)c3F)c(F)c2)CO1. The van der Waals surface area contributed by atoms with Crippen molar-refractivity contribution in [1.82, 2.24) is 0 Å². The molecule has 0 saturated carbocycles. The molecule has 1 fully saturated rings. The summed E-state index contributed by atoms with van der Waals surface area (Å²) < 4.78 is 58.5. The molecule has 0 radical (unpaired) electrons. The second kappa shape index (κ2) is 8.10. The van der Waals surface area contributed by atoms with Gasteiger partial charge in [0, 0.05) is 23.7 Å². The van der Waals surface area contributed by atoms with Crippen molar-refractivity contribution in [3.05, 3.63) is 53.3 Å². The van der Waals surface area contributed by atoms with Crippen molar-refractivity contribution < 1.29 is 27.4 Å². The topological polar surface area (TPSA) is 27.7 Å². The Hall–Kier alpha value is -2.05. The first kappa shape index (κ1) is 18.7. The number of halogens is 3. The van der Waals surface area contributed by atoms with E-state index in [-0.39, 0.29) is 29.1 Å². The van der Waals surface area contributed by atoms with Gasteiger partial charge in [-0.05, 0) is 43.5 Å². The van der Waals surface area contributed by atoms with E-state index in [1.807, 2.05) is 6.92 Å². The van der Waals surface area contributed by atoms with Crippen LogP contribution in [0.1, 0.15) is 31.2 Å². The predicted molar refractivity (Wildman–Crippen MR) is 91.6 cm³/mol. The Morgan fingerprint density at radius 1 is 1.04 bits per heavy atom. The van der Waals surface area contributed by atoms with E-state index in [9.17, 15) is 13.2 Å². The van der Waals surface area contributed by atoms with Gasteiger partial charge in [0.05, 0.1) is 13.7 Å². The molecule has 2 aromatic rings. The average Bonchev–Trinajstić information content (AvgIpc) is 2.65. The van der Waals surface area contributed by atoms with Crippen LogP contribution >= 0.6 is 0 Å². The lowest BCUT2D eigenvalue weighted by atomic mass is 9.91. The first-order valence-electron chi connectivity index (χ1n) is 8.60. The highest BCUT2D eigenvalue weighted by Gasteiger charge is 2.24. The Bertz CT molecular complexity index is 771. The maximum Gasteiger partial charge on any atom is 0.201 e. The minimum atomic E-state index is -1.13. The molecule has 0 N–H and O–H groups in total. The molecule has 0 spiro atoms. The highest BCUT2D eigenvalue weighted by Crippen LogP contribution is 2.34. The molecule has 0 amide bonds. The van der Waals surface area contributed by atoms with Gasteiger partial charge < -0.3 is 14.2 Å². The van der Waals surface area contributed by atoms with Crippen molar-refractivity contribution in [3.8, 4) is 16.9 Å². The van der Waals surface area contributed by atoms with Gasteiger partial charge >= 0.3 is 0 Å². The van der Waals surface area contributed by atoms with Gasteiger partial charge in [0.15, 0.2) is 17.9 Å². The zero-order valence-electron chi connectivity index (χ0n) is 14.7. The summed E-state index contributed by atoms with van der Waals surface area (Å²) >= 11 is 0. The fourth-order valence-electron chi connectivity index (χ4n) is 3.21. The van der Waals surface area contributed by atoms with Crippen LogP contribution in [0.2, 0.25) is 0 Å². The summed E-state index contributed by atoms with van der Waals surface area (Å²) in [4.78, 5) is 0. The van der Waals surface area contributed by atoms with E-state index >= 15 is 0 Å². The Kier molecular flexibility index (Phi) is 5.84. The first-order chi connectivity index (χ1) is 12.5. The standard InChI is InChI=1S/C20H21F3O3/c1-3-25-18-9-5-13(11-26-18)12-4-6-14(16(21)10-12)15-7-8-17(24-2)20(23)19(15)22/h4,6-8,10,13,18H,3,5,9,11H2,1-2H3. The van der Waals surface area contributed by atoms with Crippen LogP contribution in [0.25, 0.3) is 11.1 Å². The lowest BCUT2D eigenvalue weighted by Gasteiger charge is -2.29. The van der Waals surface area contributed by atoms with Gasteiger partial charge in [-0.15, -0.1) is 0 Å². The summed E-state index contributed by atoms with van der Waals surface area (Å²) in [5.41, 5.74) is 0.649. The summed E-state index contributed by atoms with van der Waals surface area (Å²) in [7, 11) is 1.25. The summed E-state index contributed by atoms with van der Waals surface area (Å²) in [6, 6.07) is 7.17. The Balaban J connectivity index is 1.82. The molecule has 3 nitrogen and oxygen atoms in total.